The van der Waals surface area contributed by atoms with Gasteiger partial charge in [-0.05, 0) is 12.5 Å². The summed E-state index contributed by atoms with van der Waals surface area (Å²) in [6.45, 7) is 6.25. The number of methoxy groups -OCH3 is 1. The summed E-state index contributed by atoms with van der Waals surface area (Å²) in [5.74, 6) is 5.80. The quantitative estimate of drug-likeness (QED) is 0.663. The molecule has 0 bridgehead atoms. The molecule has 0 aromatic rings. The molecule has 1 rings (SSSR count). The summed E-state index contributed by atoms with van der Waals surface area (Å²) in [7, 11) is 1.55. The Bertz CT molecular complexity index is 339. The van der Waals surface area contributed by atoms with Gasteiger partial charge in [0, 0.05) is 20.1 Å². The van der Waals surface area contributed by atoms with Crippen molar-refractivity contribution in [3.63, 3.8) is 0 Å². The van der Waals surface area contributed by atoms with Crippen LogP contribution in [0.2, 0.25) is 0 Å². The lowest BCUT2D eigenvalue weighted by atomic mass is 10.0. The van der Waals surface area contributed by atoms with Crippen LogP contribution in [0.25, 0.3) is 0 Å². The Kier molecular flexibility index (Phi) is 3.38. The van der Waals surface area contributed by atoms with Crippen LogP contribution in [0.3, 0.4) is 0 Å². The van der Waals surface area contributed by atoms with Gasteiger partial charge in [-0.25, -0.2) is 4.79 Å². The third-order valence-electron chi connectivity index (χ3n) is 2.40. The third-order valence-corrected chi connectivity index (χ3v) is 2.40. The fourth-order valence-corrected chi connectivity index (χ4v) is 1.49. The van der Waals surface area contributed by atoms with Gasteiger partial charge in [0.2, 0.25) is 0 Å². The Morgan fingerprint density at radius 2 is 2.33 bits per heavy atom. The molecule has 0 aromatic carbocycles. The Morgan fingerprint density at radius 3 is 2.73 bits per heavy atom. The van der Waals surface area contributed by atoms with Crippen molar-refractivity contribution in [2.45, 2.75) is 18.9 Å². The van der Waals surface area contributed by atoms with Gasteiger partial charge < -0.3 is 14.7 Å². The highest BCUT2D eigenvalue weighted by atomic mass is 16.5. The summed E-state index contributed by atoms with van der Waals surface area (Å²) in [5, 5.41) is 8.82. The minimum Gasteiger partial charge on any atom is -0.465 e. The summed E-state index contributed by atoms with van der Waals surface area (Å²) in [4.78, 5) is 12.1. The van der Waals surface area contributed by atoms with Crippen LogP contribution in [0.1, 0.15) is 13.3 Å². The van der Waals surface area contributed by atoms with Crippen molar-refractivity contribution in [1.29, 1.82) is 0 Å². The average molecular weight is 209 g/mol. The van der Waals surface area contributed by atoms with Crippen molar-refractivity contribution in [2.75, 3.05) is 20.2 Å². The van der Waals surface area contributed by atoms with Crippen LogP contribution in [0.4, 0.5) is 4.79 Å². The lowest BCUT2D eigenvalue weighted by Gasteiger charge is -2.20. The summed E-state index contributed by atoms with van der Waals surface area (Å²) in [6.07, 6.45) is -0.318. The maximum absolute atomic E-state index is 10.7. The average Bonchev–Trinajstić information content (AvgIpc) is 2.60. The van der Waals surface area contributed by atoms with Crippen LogP contribution in [-0.2, 0) is 4.74 Å². The minimum absolute atomic E-state index is 0.305. The predicted octanol–water partition coefficient (Wildman–Crippen LogP) is 1.33. The number of rotatable bonds is 1. The molecule has 1 amide bonds. The number of ether oxygens (including phenoxy) is 1. The van der Waals surface area contributed by atoms with E-state index < -0.39 is 11.7 Å². The lowest BCUT2D eigenvalue weighted by Crippen LogP contribution is -2.36. The highest BCUT2D eigenvalue weighted by Crippen LogP contribution is 2.24. The number of hydrogen-bond acceptors (Lipinski definition) is 2. The number of nitrogens with zero attached hydrogens (tertiary/aromatic N) is 1. The molecule has 1 unspecified atom stereocenters. The van der Waals surface area contributed by atoms with Crippen LogP contribution < -0.4 is 0 Å². The van der Waals surface area contributed by atoms with Gasteiger partial charge in [-0.3, -0.25) is 0 Å². The van der Waals surface area contributed by atoms with Gasteiger partial charge in [-0.1, -0.05) is 18.4 Å². The Morgan fingerprint density at radius 1 is 1.67 bits per heavy atom. The summed E-state index contributed by atoms with van der Waals surface area (Å²) < 4.78 is 5.31. The predicted molar refractivity (Wildman–Crippen MR) is 56.5 cm³/mol. The van der Waals surface area contributed by atoms with Crippen LogP contribution in [0, 0.1) is 11.8 Å². The van der Waals surface area contributed by atoms with E-state index in [1.54, 1.807) is 14.0 Å². The van der Waals surface area contributed by atoms with Crippen molar-refractivity contribution in [3.05, 3.63) is 12.2 Å². The summed E-state index contributed by atoms with van der Waals surface area (Å²) >= 11 is 0. The lowest BCUT2D eigenvalue weighted by molar-refractivity contribution is 0.0485. The highest BCUT2D eigenvalue weighted by Gasteiger charge is 2.38. The van der Waals surface area contributed by atoms with E-state index in [0.29, 0.717) is 19.5 Å². The molecule has 0 spiro atoms. The number of amides is 1. The molecule has 1 fully saturated rings. The number of allylic oxidation sites excluding steroid dienone is 1. The number of carbonyl (C=O) groups is 1. The number of carboxylic acid groups (broad SMARTS) is 1. The van der Waals surface area contributed by atoms with E-state index in [1.165, 1.54) is 4.90 Å². The smallest absolute Gasteiger partial charge is 0.407 e. The van der Waals surface area contributed by atoms with Gasteiger partial charge in [0.15, 0.2) is 0 Å². The molecule has 0 aromatic heterocycles. The van der Waals surface area contributed by atoms with E-state index in [1.807, 2.05) is 0 Å². The van der Waals surface area contributed by atoms with Crippen molar-refractivity contribution in [1.82, 2.24) is 4.90 Å². The number of hydrogen-bond donors (Lipinski definition) is 1. The van der Waals surface area contributed by atoms with Crippen molar-refractivity contribution in [3.8, 4) is 11.8 Å². The molecular formula is C11H15NO3. The second-order valence-corrected chi connectivity index (χ2v) is 3.68. The Hall–Kier alpha value is -1.47. The summed E-state index contributed by atoms with van der Waals surface area (Å²) in [6, 6.07) is 0. The maximum atomic E-state index is 10.7. The van der Waals surface area contributed by atoms with Crippen LogP contribution in [0.5, 0.6) is 0 Å². The van der Waals surface area contributed by atoms with E-state index in [4.69, 9.17) is 9.84 Å². The first-order chi connectivity index (χ1) is 6.99. The van der Waals surface area contributed by atoms with Crippen molar-refractivity contribution < 1.29 is 14.6 Å². The third kappa shape index (κ3) is 2.74. The van der Waals surface area contributed by atoms with Crippen LogP contribution in [0.15, 0.2) is 12.2 Å². The van der Waals surface area contributed by atoms with Gasteiger partial charge in [0.25, 0.3) is 0 Å². The van der Waals surface area contributed by atoms with Crippen molar-refractivity contribution >= 4 is 6.09 Å². The monoisotopic (exact) mass is 209 g/mol. The molecule has 4 heteroatoms. The first-order valence-electron chi connectivity index (χ1n) is 4.71. The minimum atomic E-state index is -0.925. The first kappa shape index (κ1) is 11.6. The normalized spacial score (nSPS) is 24.5. The van der Waals surface area contributed by atoms with E-state index in [9.17, 15) is 4.79 Å². The standard InChI is InChI=1S/C11H15NO3/c1-9(2)4-5-11(15-3)6-7-12(8-11)10(13)14/h1,6-8H2,2-3H3,(H,13,14). The fourth-order valence-electron chi connectivity index (χ4n) is 1.49. The second kappa shape index (κ2) is 4.37. The molecule has 1 heterocycles. The zero-order chi connectivity index (χ0) is 11.5. The summed E-state index contributed by atoms with van der Waals surface area (Å²) in [5.41, 5.74) is 0.0948. The topological polar surface area (TPSA) is 49.8 Å². The van der Waals surface area contributed by atoms with Gasteiger partial charge in [0.05, 0.1) is 6.54 Å². The molecule has 82 valence electrons. The molecule has 4 nitrogen and oxygen atoms in total. The Balaban J connectivity index is 2.78. The van der Waals surface area contributed by atoms with Gasteiger partial charge in [-0.2, -0.15) is 0 Å². The Labute approximate surface area is 89.5 Å². The molecule has 0 saturated carbocycles. The molecule has 0 aliphatic carbocycles. The van der Waals surface area contributed by atoms with E-state index >= 15 is 0 Å². The molecule has 15 heavy (non-hydrogen) atoms. The highest BCUT2D eigenvalue weighted by molar-refractivity contribution is 5.65. The SMILES string of the molecule is C=C(C)C#CC1(OC)CCN(C(=O)O)C1. The zero-order valence-electron chi connectivity index (χ0n) is 9.04. The fraction of sp³-hybridized carbons (Fsp3) is 0.545. The molecule has 1 atom stereocenters. The van der Waals surface area contributed by atoms with Crippen LogP contribution in [-0.4, -0.2) is 41.9 Å². The van der Waals surface area contributed by atoms with Gasteiger partial charge in [-0.15, -0.1) is 0 Å². The number of likely N-dealkylation sites (tertiary alicyclic amines) is 1. The van der Waals surface area contributed by atoms with Crippen molar-refractivity contribution in [2.24, 2.45) is 0 Å². The molecule has 1 N–H and O–H groups in total. The zero-order valence-corrected chi connectivity index (χ0v) is 9.04. The van der Waals surface area contributed by atoms with Gasteiger partial charge in [0.1, 0.15) is 5.60 Å². The molecule has 1 saturated heterocycles. The largest absolute Gasteiger partial charge is 0.465 e. The second-order valence-electron chi connectivity index (χ2n) is 3.68. The van der Waals surface area contributed by atoms with E-state index in [-0.39, 0.29) is 0 Å². The van der Waals surface area contributed by atoms with E-state index in [2.05, 4.69) is 18.4 Å². The van der Waals surface area contributed by atoms with Gasteiger partial charge >= 0.3 is 6.09 Å². The molecule has 0 radical (unpaired) electrons. The van der Waals surface area contributed by atoms with E-state index in [0.717, 1.165) is 5.57 Å². The first-order valence-corrected chi connectivity index (χ1v) is 4.71. The molecule has 1 aliphatic rings. The molecule has 1 aliphatic heterocycles. The van der Waals surface area contributed by atoms with Crippen LogP contribution >= 0.6 is 0 Å². The molecular weight excluding hydrogens is 194 g/mol. The maximum Gasteiger partial charge on any atom is 0.407 e.